The number of hydrogen-bond donors (Lipinski definition) is 2. The number of halogens is 3. The second-order valence-corrected chi connectivity index (χ2v) is 5.81. The van der Waals surface area contributed by atoms with E-state index in [1.807, 2.05) is 20.8 Å². The molecule has 1 rings (SSSR count). The molecule has 1 amide bonds. The summed E-state index contributed by atoms with van der Waals surface area (Å²) < 4.78 is 36.4. The molecule has 1 fully saturated rings. The number of nitrogens with one attached hydrogen (secondary N) is 1. The molecule has 0 aromatic carbocycles. The van der Waals surface area contributed by atoms with Crippen molar-refractivity contribution in [2.75, 3.05) is 0 Å². The average Bonchev–Trinajstić information content (AvgIpc) is 2.05. The van der Waals surface area contributed by atoms with Crippen LogP contribution in [0.4, 0.5) is 13.2 Å². The highest BCUT2D eigenvalue weighted by Crippen LogP contribution is 2.48. The first-order valence-electron chi connectivity index (χ1n) is 5.51. The molecule has 0 spiro atoms. The molecule has 18 heavy (non-hydrogen) atoms. The SMILES string of the molecule is CC(C)(C)C1CC(NC(=O)C(F)(F)F)(C(=O)O)C1. The zero-order valence-electron chi connectivity index (χ0n) is 10.4. The zero-order valence-corrected chi connectivity index (χ0v) is 10.4. The number of carboxylic acid groups (broad SMARTS) is 1. The van der Waals surface area contributed by atoms with Gasteiger partial charge in [0.15, 0.2) is 0 Å². The molecular weight excluding hydrogens is 251 g/mol. The predicted molar refractivity (Wildman–Crippen MR) is 56.7 cm³/mol. The van der Waals surface area contributed by atoms with Gasteiger partial charge in [-0.3, -0.25) is 4.79 Å². The van der Waals surface area contributed by atoms with Gasteiger partial charge in [-0.2, -0.15) is 13.2 Å². The highest BCUT2D eigenvalue weighted by atomic mass is 19.4. The summed E-state index contributed by atoms with van der Waals surface area (Å²) in [4.78, 5) is 21.9. The Labute approximate surface area is 103 Å². The van der Waals surface area contributed by atoms with E-state index in [4.69, 9.17) is 5.11 Å². The molecule has 0 saturated heterocycles. The third kappa shape index (κ3) is 2.76. The Bertz CT molecular complexity index is 365. The van der Waals surface area contributed by atoms with Crippen molar-refractivity contribution in [3.63, 3.8) is 0 Å². The lowest BCUT2D eigenvalue weighted by atomic mass is 9.59. The van der Waals surface area contributed by atoms with Crippen LogP contribution in [-0.2, 0) is 9.59 Å². The number of hydrogen-bond acceptors (Lipinski definition) is 2. The highest BCUT2D eigenvalue weighted by Gasteiger charge is 2.57. The monoisotopic (exact) mass is 267 g/mol. The Kier molecular flexibility index (Phi) is 3.40. The Hall–Kier alpha value is -1.27. The van der Waals surface area contributed by atoms with Crippen LogP contribution in [-0.4, -0.2) is 28.7 Å². The standard InChI is InChI=1S/C11H16F3NO3/c1-9(2,3)6-4-10(5-6,8(17)18)15-7(16)11(12,13)14/h6H,4-5H2,1-3H3,(H,15,16)(H,17,18). The fraction of sp³-hybridized carbons (Fsp3) is 0.818. The number of aliphatic carboxylic acids is 1. The van der Waals surface area contributed by atoms with Crippen molar-refractivity contribution in [3.05, 3.63) is 0 Å². The van der Waals surface area contributed by atoms with E-state index in [0.29, 0.717) is 0 Å². The molecule has 0 aromatic rings. The maximum Gasteiger partial charge on any atom is 0.471 e. The van der Waals surface area contributed by atoms with Crippen LogP contribution in [0.1, 0.15) is 33.6 Å². The lowest BCUT2D eigenvalue weighted by Crippen LogP contribution is -2.66. The van der Waals surface area contributed by atoms with Crippen LogP contribution in [0.5, 0.6) is 0 Å². The van der Waals surface area contributed by atoms with E-state index in [2.05, 4.69) is 0 Å². The topological polar surface area (TPSA) is 66.4 Å². The van der Waals surface area contributed by atoms with Gasteiger partial charge < -0.3 is 10.4 Å². The average molecular weight is 267 g/mol. The molecule has 0 bridgehead atoms. The number of carboxylic acids is 1. The molecule has 0 aromatic heterocycles. The summed E-state index contributed by atoms with van der Waals surface area (Å²) in [6, 6.07) is 0. The molecule has 0 aliphatic heterocycles. The van der Waals surface area contributed by atoms with Crippen molar-refractivity contribution in [1.29, 1.82) is 0 Å². The normalized spacial score (nSPS) is 28.4. The van der Waals surface area contributed by atoms with Crippen molar-refractivity contribution >= 4 is 11.9 Å². The van der Waals surface area contributed by atoms with E-state index in [1.54, 1.807) is 5.32 Å². The molecule has 1 aliphatic carbocycles. The first-order chi connectivity index (χ1) is 7.88. The van der Waals surface area contributed by atoms with Crippen LogP contribution in [0, 0.1) is 11.3 Å². The highest BCUT2D eigenvalue weighted by molar-refractivity contribution is 5.90. The van der Waals surface area contributed by atoms with Crippen molar-refractivity contribution < 1.29 is 27.9 Å². The number of rotatable bonds is 2. The first kappa shape index (κ1) is 14.8. The number of amides is 1. The molecule has 4 nitrogen and oxygen atoms in total. The summed E-state index contributed by atoms with van der Waals surface area (Å²) in [7, 11) is 0. The van der Waals surface area contributed by atoms with Gasteiger partial charge in [0, 0.05) is 0 Å². The smallest absolute Gasteiger partial charge is 0.471 e. The molecule has 0 unspecified atom stereocenters. The van der Waals surface area contributed by atoms with E-state index >= 15 is 0 Å². The van der Waals surface area contributed by atoms with E-state index in [1.165, 1.54) is 0 Å². The Morgan fingerprint density at radius 3 is 1.94 bits per heavy atom. The quantitative estimate of drug-likeness (QED) is 0.803. The minimum Gasteiger partial charge on any atom is -0.480 e. The molecule has 7 heteroatoms. The molecular formula is C11H16F3NO3. The molecule has 1 saturated carbocycles. The van der Waals surface area contributed by atoms with Gasteiger partial charge in [0.05, 0.1) is 0 Å². The van der Waals surface area contributed by atoms with Gasteiger partial charge in [0.1, 0.15) is 5.54 Å². The summed E-state index contributed by atoms with van der Waals surface area (Å²) in [6.45, 7) is 5.65. The van der Waals surface area contributed by atoms with Crippen molar-refractivity contribution in [3.8, 4) is 0 Å². The lowest BCUT2D eigenvalue weighted by molar-refractivity contribution is -0.182. The molecule has 104 valence electrons. The van der Waals surface area contributed by atoms with E-state index in [0.717, 1.165) is 0 Å². The summed E-state index contributed by atoms with van der Waals surface area (Å²) >= 11 is 0. The van der Waals surface area contributed by atoms with Crippen LogP contribution in [0.2, 0.25) is 0 Å². The molecule has 0 radical (unpaired) electrons. The minimum absolute atomic E-state index is 0.0215. The number of carbonyl (C=O) groups is 2. The largest absolute Gasteiger partial charge is 0.480 e. The fourth-order valence-corrected chi connectivity index (χ4v) is 2.01. The van der Waals surface area contributed by atoms with Crippen LogP contribution in [0.15, 0.2) is 0 Å². The van der Waals surface area contributed by atoms with Crippen LogP contribution in [0.3, 0.4) is 0 Å². The van der Waals surface area contributed by atoms with E-state index < -0.39 is 23.6 Å². The second kappa shape index (κ2) is 4.13. The fourth-order valence-electron chi connectivity index (χ4n) is 2.01. The lowest BCUT2D eigenvalue weighted by Gasteiger charge is -2.50. The minimum atomic E-state index is -5.06. The van der Waals surface area contributed by atoms with Gasteiger partial charge in [-0.05, 0) is 24.2 Å². The predicted octanol–water partition coefficient (Wildman–Crippen LogP) is 1.94. The van der Waals surface area contributed by atoms with Crippen LogP contribution >= 0.6 is 0 Å². The van der Waals surface area contributed by atoms with Gasteiger partial charge in [0.25, 0.3) is 0 Å². The molecule has 1 aliphatic rings. The van der Waals surface area contributed by atoms with E-state index in [9.17, 15) is 22.8 Å². The Balaban J connectivity index is 2.77. The molecule has 2 N–H and O–H groups in total. The summed E-state index contributed by atoms with van der Waals surface area (Å²) in [5.74, 6) is -3.64. The summed E-state index contributed by atoms with van der Waals surface area (Å²) in [5.41, 5.74) is -1.97. The van der Waals surface area contributed by atoms with Gasteiger partial charge >= 0.3 is 18.1 Å². The first-order valence-corrected chi connectivity index (χ1v) is 5.51. The third-order valence-corrected chi connectivity index (χ3v) is 3.43. The van der Waals surface area contributed by atoms with E-state index in [-0.39, 0.29) is 24.2 Å². The maximum absolute atomic E-state index is 12.1. The van der Waals surface area contributed by atoms with Crippen molar-refractivity contribution in [2.24, 2.45) is 11.3 Å². The zero-order chi connectivity index (χ0) is 14.4. The van der Waals surface area contributed by atoms with Gasteiger partial charge in [0.2, 0.25) is 0 Å². The molecule has 0 atom stereocenters. The maximum atomic E-state index is 12.1. The number of alkyl halides is 3. The van der Waals surface area contributed by atoms with Gasteiger partial charge in [-0.15, -0.1) is 0 Å². The third-order valence-electron chi connectivity index (χ3n) is 3.43. The Morgan fingerprint density at radius 2 is 1.67 bits per heavy atom. The summed E-state index contributed by atoms with van der Waals surface area (Å²) in [5, 5.41) is 10.6. The van der Waals surface area contributed by atoms with Gasteiger partial charge in [-0.1, -0.05) is 20.8 Å². The second-order valence-electron chi connectivity index (χ2n) is 5.81. The van der Waals surface area contributed by atoms with Crippen LogP contribution in [0.25, 0.3) is 0 Å². The van der Waals surface area contributed by atoms with Crippen molar-refractivity contribution in [2.45, 2.75) is 45.3 Å². The summed E-state index contributed by atoms with van der Waals surface area (Å²) in [6.07, 6.45) is -5.02. The van der Waals surface area contributed by atoms with Crippen LogP contribution < -0.4 is 5.32 Å². The number of carbonyl (C=O) groups excluding carboxylic acids is 1. The Morgan fingerprint density at radius 1 is 1.22 bits per heavy atom. The van der Waals surface area contributed by atoms with Gasteiger partial charge in [-0.25, -0.2) is 4.79 Å². The molecule has 0 heterocycles. The van der Waals surface area contributed by atoms with Crippen molar-refractivity contribution in [1.82, 2.24) is 5.32 Å².